The summed E-state index contributed by atoms with van der Waals surface area (Å²) in [6, 6.07) is 0. The van der Waals surface area contributed by atoms with Crippen molar-refractivity contribution in [2.24, 2.45) is 11.8 Å². The molecule has 2 aliphatic heterocycles. The molecule has 0 spiro atoms. The molecule has 36 heavy (non-hydrogen) atoms. The van der Waals surface area contributed by atoms with E-state index in [4.69, 9.17) is 14.2 Å². The number of aliphatic hydroxyl groups is 3. The Morgan fingerprint density at radius 2 is 1.69 bits per heavy atom. The smallest absolute Gasteiger partial charge is 0.330 e. The number of carbonyl (C=O) groups is 2. The van der Waals surface area contributed by atoms with E-state index in [-0.39, 0.29) is 30.0 Å². The molecule has 0 unspecified atom stereocenters. The number of carbonyl (C=O) groups excluding carboxylic acids is 2. The van der Waals surface area contributed by atoms with Gasteiger partial charge in [0.1, 0.15) is 6.10 Å². The zero-order chi connectivity index (χ0) is 26.7. The Labute approximate surface area is 215 Å². The Balaban J connectivity index is 1.60. The lowest BCUT2D eigenvalue weighted by Gasteiger charge is -2.38. The Hall–Kier alpha value is -1.52. The molecule has 0 aliphatic carbocycles. The maximum atomic E-state index is 12.1. The topological polar surface area (TPSA) is 135 Å². The van der Waals surface area contributed by atoms with E-state index in [1.807, 2.05) is 6.92 Å². The molecule has 0 aromatic carbocycles. The number of unbranched alkanes of at least 4 members (excludes halogenated alkanes) is 5. The highest BCUT2D eigenvalue weighted by Crippen LogP contribution is 2.38. The maximum Gasteiger partial charge on any atom is 0.330 e. The van der Waals surface area contributed by atoms with Gasteiger partial charge in [0, 0.05) is 24.3 Å². The summed E-state index contributed by atoms with van der Waals surface area (Å²) in [6.45, 7) is 6.11. The first-order valence-corrected chi connectivity index (χ1v) is 13.4. The minimum absolute atomic E-state index is 0.0196. The Bertz CT molecular complexity index is 707. The van der Waals surface area contributed by atoms with Gasteiger partial charge in [0.25, 0.3) is 0 Å². The van der Waals surface area contributed by atoms with Crippen molar-refractivity contribution in [1.29, 1.82) is 0 Å². The highest BCUT2D eigenvalue weighted by Gasteiger charge is 2.48. The first kappa shape index (κ1) is 30.7. The molecule has 0 bridgehead atoms. The molecule has 8 atom stereocenters. The fourth-order valence-corrected chi connectivity index (χ4v) is 4.68. The summed E-state index contributed by atoms with van der Waals surface area (Å²) in [5.41, 5.74) is 0.719. The average Bonchev–Trinajstić information content (AvgIpc) is 3.60. The number of hydrogen-bond acceptors (Lipinski definition) is 9. The molecular weight excluding hydrogens is 468 g/mol. The SMILES string of the molecule is COC(=O)CCCCCCCCOC(=O)/C=C(\C)C[C@H]1OC[C@H](C[C@H]2O[C@@H]2[C@H](C)[C@H](C)O)[C@@H](O)[C@@H]1O. The van der Waals surface area contributed by atoms with Gasteiger partial charge >= 0.3 is 11.9 Å². The third-order valence-corrected chi connectivity index (χ3v) is 7.31. The minimum Gasteiger partial charge on any atom is -0.469 e. The molecule has 2 aliphatic rings. The van der Waals surface area contributed by atoms with Crippen molar-refractivity contribution in [2.75, 3.05) is 20.3 Å². The molecule has 208 valence electrons. The van der Waals surface area contributed by atoms with Gasteiger partial charge in [-0.2, -0.15) is 0 Å². The molecule has 2 saturated heterocycles. The van der Waals surface area contributed by atoms with Gasteiger partial charge in [-0.1, -0.05) is 38.2 Å². The van der Waals surface area contributed by atoms with Crippen LogP contribution in [-0.4, -0.2) is 84.2 Å². The molecule has 0 amide bonds. The Morgan fingerprint density at radius 3 is 2.36 bits per heavy atom. The van der Waals surface area contributed by atoms with Gasteiger partial charge in [-0.3, -0.25) is 4.79 Å². The van der Waals surface area contributed by atoms with Crippen LogP contribution in [-0.2, 0) is 28.5 Å². The Morgan fingerprint density at radius 1 is 1.03 bits per heavy atom. The molecule has 0 saturated carbocycles. The van der Waals surface area contributed by atoms with E-state index in [9.17, 15) is 24.9 Å². The van der Waals surface area contributed by atoms with Crippen LogP contribution in [0.4, 0.5) is 0 Å². The number of epoxide rings is 1. The number of aliphatic hydroxyl groups excluding tert-OH is 3. The molecule has 9 nitrogen and oxygen atoms in total. The number of methoxy groups -OCH3 is 1. The number of rotatable bonds is 16. The van der Waals surface area contributed by atoms with E-state index in [1.54, 1.807) is 13.8 Å². The molecule has 2 rings (SSSR count). The molecule has 0 radical (unpaired) electrons. The molecule has 2 heterocycles. The zero-order valence-corrected chi connectivity index (χ0v) is 22.3. The number of esters is 2. The molecule has 0 aromatic heterocycles. The van der Waals surface area contributed by atoms with Gasteiger partial charge in [-0.25, -0.2) is 4.79 Å². The highest BCUT2D eigenvalue weighted by atomic mass is 16.6. The molecule has 3 N–H and O–H groups in total. The summed E-state index contributed by atoms with van der Waals surface area (Å²) in [5.74, 6) is -0.810. The quantitative estimate of drug-likeness (QED) is 0.123. The highest BCUT2D eigenvalue weighted by molar-refractivity contribution is 5.82. The van der Waals surface area contributed by atoms with Crippen molar-refractivity contribution in [3.05, 3.63) is 11.6 Å². The summed E-state index contributed by atoms with van der Waals surface area (Å²) in [7, 11) is 1.40. The van der Waals surface area contributed by atoms with E-state index in [1.165, 1.54) is 13.2 Å². The fourth-order valence-electron chi connectivity index (χ4n) is 4.68. The van der Waals surface area contributed by atoms with Crippen LogP contribution >= 0.6 is 0 Å². The third kappa shape index (κ3) is 10.5. The number of hydrogen-bond donors (Lipinski definition) is 3. The molecule has 2 fully saturated rings. The van der Waals surface area contributed by atoms with Crippen LogP contribution in [0.15, 0.2) is 11.6 Å². The van der Waals surface area contributed by atoms with Crippen molar-refractivity contribution in [2.45, 2.75) is 115 Å². The maximum absolute atomic E-state index is 12.1. The van der Waals surface area contributed by atoms with Crippen LogP contribution in [0.2, 0.25) is 0 Å². The summed E-state index contributed by atoms with van der Waals surface area (Å²) in [5, 5.41) is 30.9. The molecule has 0 aromatic rings. The van der Waals surface area contributed by atoms with Crippen LogP contribution in [0, 0.1) is 11.8 Å². The van der Waals surface area contributed by atoms with Gasteiger partial charge in [-0.15, -0.1) is 0 Å². The van der Waals surface area contributed by atoms with E-state index >= 15 is 0 Å². The largest absolute Gasteiger partial charge is 0.469 e. The fraction of sp³-hybridized carbons (Fsp3) is 0.852. The predicted octanol–water partition coefficient (Wildman–Crippen LogP) is 2.68. The summed E-state index contributed by atoms with van der Waals surface area (Å²) in [4.78, 5) is 23.1. The van der Waals surface area contributed by atoms with Crippen molar-refractivity contribution in [3.8, 4) is 0 Å². The monoisotopic (exact) mass is 514 g/mol. The summed E-state index contributed by atoms with van der Waals surface area (Å²) in [6.07, 6.45) is 5.30. The summed E-state index contributed by atoms with van der Waals surface area (Å²) < 4.78 is 21.4. The van der Waals surface area contributed by atoms with Crippen LogP contribution in [0.1, 0.15) is 78.6 Å². The van der Waals surface area contributed by atoms with Crippen molar-refractivity contribution < 1.29 is 43.9 Å². The molecule has 9 heteroatoms. The lowest BCUT2D eigenvalue weighted by atomic mass is 9.85. The number of ether oxygens (including phenoxy) is 4. The minimum atomic E-state index is -1.05. The second-order valence-electron chi connectivity index (χ2n) is 10.4. The van der Waals surface area contributed by atoms with E-state index in [0.29, 0.717) is 32.5 Å². The standard InChI is InChI=1S/C27H46O9/c1-17(14-24(30)34-12-10-8-6-5-7-9-11-23(29)33-4)13-21-26(32)25(31)20(16-35-21)15-22-27(36-22)18(2)19(3)28/h14,18-22,25-28,31-32H,5-13,15-16H2,1-4H3/b17-14+/t18-,19+,20+,21-,22-,25-,26-,27-/m1/s1. The normalized spacial score (nSPS) is 29.9. The van der Waals surface area contributed by atoms with Crippen LogP contribution in [0.5, 0.6) is 0 Å². The van der Waals surface area contributed by atoms with Crippen molar-refractivity contribution >= 4 is 11.9 Å². The van der Waals surface area contributed by atoms with Crippen molar-refractivity contribution in [3.63, 3.8) is 0 Å². The lowest BCUT2D eigenvalue weighted by Crippen LogP contribution is -2.50. The van der Waals surface area contributed by atoms with Gasteiger partial charge in [0.05, 0.1) is 50.8 Å². The average molecular weight is 515 g/mol. The van der Waals surface area contributed by atoms with E-state index in [0.717, 1.165) is 44.1 Å². The van der Waals surface area contributed by atoms with Gasteiger partial charge < -0.3 is 34.3 Å². The lowest BCUT2D eigenvalue weighted by molar-refractivity contribution is -0.165. The zero-order valence-electron chi connectivity index (χ0n) is 22.3. The van der Waals surface area contributed by atoms with Gasteiger partial charge in [0.15, 0.2) is 0 Å². The first-order valence-electron chi connectivity index (χ1n) is 13.4. The predicted molar refractivity (Wildman–Crippen MR) is 133 cm³/mol. The Kier molecular flexibility index (Phi) is 13.4. The molecular formula is C27H46O9. The first-order chi connectivity index (χ1) is 17.1. The van der Waals surface area contributed by atoms with Crippen LogP contribution in [0.25, 0.3) is 0 Å². The second kappa shape index (κ2) is 15.7. The summed E-state index contributed by atoms with van der Waals surface area (Å²) >= 11 is 0. The second-order valence-corrected chi connectivity index (χ2v) is 10.4. The van der Waals surface area contributed by atoms with Crippen LogP contribution < -0.4 is 0 Å². The van der Waals surface area contributed by atoms with E-state index < -0.39 is 30.4 Å². The third-order valence-electron chi connectivity index (χ3n) is 7.31. The van der Waals surface area contributed by atoms with Gasteiger partial charge in [0.2, 0.25) is 0 Å². The van der Waals surface area contributed by atoms with Gasteiger partial charge in [-0.05, 0) is 39.5 Å². The van der Waals surface area contributed by atoms with Crippen molar-refractivity contribution in [1.82, 2.24) is 0 Å². The van der Waals surface area contributed by atoms with E-state index in [2.05, 4.69) is 4.74 Å². The van der Waals surface area contributed by atoms with Crippen LogP contribution in [0.3, 0.4) is 0 Å².